The lowest BCUT2D eigenvalue weighted by Crippen LogP contribution is -2.28. The second-order valence-corrected chi connectivity index (χ2v) is 8.04. The molecule has 7 nitrogen and oxygen atoms in total. The van der Waals surface area contributed by atoms with Crippen LogP contribution in [-0.2, 0) is 23.2 Å². The number of nitrogens with one attached hydrogen (secondary N) is 2. The van der Waals surface area contributed by atoms with E-state index in [1.54, 1.807) is 30.3 Å². The maximum atomic E-state index is 12.0. The van der Waals surface area contributed by atoms with Crippen molar-refractivity contribution >= 4 is 27.4 Å². The first-order valence-corrected chi connectivity index (χ1v) is 9.93. The molecule has 0 aromatic heterocycles. The van der Waals surface area contributed by atoms with Gasteiger partial charge in [0.15, 0.2) is 0 Å². The first kappa shape index (κ1) is 18.2. The second-order valence-electron chi connectivity index (χ2n) is 6.02. The van der Waals surface area contributed by atoms with Crippen molar-refractivity contribution in [3.8, 4) is 0 Å². The summed E-state index contributed by atoms with van der Waals surface area (Å²) in [4.78, 5) is 12.0. The van der Waals surface area contributed by atoms with Crippen LogP contribution < -0.4 is 14.9 Å². The summed E-state index contributed by atoms with van der Waals surface area (Å²) in [5.74, 6) is 0.171. The largest absolute Gasteiger partial charge is 0.392 e. The van der Waals surface area contributed by atoms with Gasteiger partial charge in [-0.3, -0.25) is 4.31 Å². The van der Waals surface area contributed by atoms with Crippen LogP contribution in [0.25, 0.3) is 0 Å². The third-order valence-electron chi connectivity index (χ3n) is 4.24. The van der Waals surface area contributed by atoms with Gasteiger partial charge in [-0.15, -0.1) is 0 Å². The number of aliphatic hydroxyl groups excluding tert-OH is 1. The lowest BCUT2D eigenvalue weighted by atomic mass is 10.1. The quantitative estimate of drug-likeness (QED) is 0.745. The summed E-state index contributed by atoms with van der Waals surface area (Å²) in [5.41, 5.74) is 2.78. The Morgan fingerprint density at radius 2 is 1.77 bits per heavy atom. The number of aliphatic hydroxyl groups is 1. The molecule has 3 rings (SSSR count). The molecule has 1 fully saturated rings. The lowest BCUT2D eigenvalue weighted by Gasteiger charge is -2.17. The summed E-state index contributed by atoms with van der Waals surface area (Å²) in [6.45, 7) is 0.701. The fraction of sp³-hybridized carbons (Fsp3) is 0.278. The van der Waals surface area contributed by atoms with Gasteiger partial charge in [-0.1, -0.05) is 24.3 Å². The molecule has 0 saturated carbocycles. The van der Waals surface area contributed by atoms with Crippen LogP contribution in [0.15, 0.2) is 48.5 Å². The number of hydrogen-bond donors (Lipinski definition) is 3. The monoisotopic (exact) mass is 375 g/mol. The standard InChI is InChI=1S/C18H21N3O4S/c22-13-15-5-2-1-4-14(15)12-19-18(23)20-16-6-8-17(9-7-16)21-10-3-11-26(21,24)25/h1-2,4-9,22H,3,10-13H2,(H2,19,20,23). The summed E-state index contributed by atoms with van der Waals surface area (Å²) in [5, 5.41) is 14.7. The number of hydrogen-bond acceptors (Lipinski definition) is 4. The smallest absolute Gasteiger partial charge is 0.319 e. The molecule has 1 aliphatic rings. The van der Waals surface area contributed by atoms with E-state index in [0.717, 1.165) is 11.1 Å². The molecule has 3 N–H and O–H groups in total. The van der Waals surface area contributed by atoms with Crippen molar-refractivity contribution in [3.63, 3.8) is 0 Å². The highest BCUT2D eigenvalue weighted by atomic mass is 32.2. The first-order chi connectivity index (χ1) is 12.5. The number of rotatable bonds is 5. The van der Waals surface area contributed by atoms with Gasteiger partial charge in [0.2, 0.25) is 10.0 Å². The average molecular weight is 375 g/mol. The van der Waals surface area contributed by atoms with Crippen molar-refractivity contribution < 1.29 is 18.3 Å². The average Bonchev–Trinajstić information content (AvgIpc) is 3.00. The molecule has 138 valence electrons. The highest BCUT2D eigenvalue weighted by Gasteiger charge is 2.28. The first-order valence-electron chi connectivity index (χ1n) is 8.32. The number of carbonyl (C=O) groups is 1. The zero-order chi connectivity index (χ0) is 18.6. The van der Waals surface area contributed by atoms with E-state index in [9.17, 15) is 18.3 Å². The van der Waals surface area contributed by atoms with Crippen LogP contribution in [0.5, 0.6) is 0 Å². The summed E-state index contributed by atoms with van der Waals surface area (Å²) < 4.78 is 25.2. The zero-order valence-electron chi connectivity index (χ0n) is 14.2. The fourth-order valence-corrected chi connectivity index (χ4v) is 4.44. The Hall–Kier alpha value is -2.58. The number of urea groups is 1. The van der Waals surface area contributed by atoms with Crippen molar-refractivity contribution in [1.82, 2.24) is 5.32 Å². The van der Waals surface area contributed by atoms with Crippen molar-refractivity contribution in [2.45, 2.75) is 19.6 Å². The number of benzene rings is 2. The molecular weight excluding hydrogens is 354 g/mol. The molecule has 0 radical (unpaired) electrons. The van der Waals surface area contributed by atoms with E-state index in [1.807, 2.05) is 18.2 Å². The molecule has 0 atom stereocenters. The third kappa shape index (κ3) is 4.14. The Bertz CT molecular complexity index is 882. The highest BCUT2D eigenvalue weighted by molar-refractivity contribution is 7.93. The number of sulfonamides is 1. The van der Waals surface area contributed by atoms with E-state index in [2.05, 4.69) is 10.6 Å². The molecule has 2 aromatic rings. The number of anilines is 2. The van der Waals surface area contributed by atoms with Crippen molar-refractivity contribution in [2.24, 2.45) is 0 Å². The summed E-state index contributed by atoms with van der Waals surface area (Å²) in [6, 6.07) is 13.7. The molecule has 1 heterocycles. The van der Waals surface area contributed by atoms with Gasteiger partial charge in [0.05, 0.1) is 18.0 Å². The maximum absolute atomic E-state index is 12.0. The fourth-order valence-electron chi connectivity index (χ4n) is 2.88. The third-order valence-corrected chi connectivity index (χ3v) is 6.11. The van der Waals surface area contributed by atoms with Gasteiger partial charge in [-0.2, -0.15) is 0 Å². The van der Waals surface area contributed by atoms with Crippen molar-refractivity contribution in [1.29, 1.82) is 0 Å². The van der Waals surface area contributed by atoms with Gasteiger partial charge in [-0.05, 0) is 41.8 Å². The topological polar surface area (TPSA) is 98.7 Å². The van der Waals surface area contributed by atoms with Crippen LogP contribution in [0.3, 0.4) is 0 Å². The SMILES string of the molecule is O=C(NCc1ccccc1CO)Nc1ccc(N2CCCS2(=O)=O)cc1. The van der Waals surface area contributed by atoms with Crippen LogP contribution in [0.2, 0.25) is 0 Å². The van der Waals surface area contributed by atoms with E-state index < -0.39 is 10.0 Å². The zero-order valence-corrected chi connectivity index (χ0v) is 15.0. The van der Waals surface area contributed by atoms with Crippen molar-refractivity contribution in [2.75, 3.05) is 21.9 Å². The Kier molecular flexibility index (Phi) is 5.43. The summed E-state index contributed by atoms with van der Waals surface area (Å²) >= 11 is 0. The predicted octanol–water partition coefficient (Wildman–Crippen LogP) is 2.04. The molecule has 1 saturated heterocycles. The van der Waals surface area contributed by atoms with Gasteiger partial charge in [0.1, 0.15) is 0 Å². The van der Waals surface area contributed by atoms with E-state index in [1.165, 1.54) is 4.31 Å². The number of amides is 2. The second kappa shape index (κ2) is 7.76. The Morgan fingerprint density at radius 1 is 1.08 bits per heavy atom. The van der Waals surface area contributed by atoms with Crippen LogP contribution >= 0.6 is 0 Å². The van der Waals surface area contributed by atoms with Crippen molar-refractivity contribution in [3.05, 3.63) is 59.7 Å². The molecule has 0 spiro atoms. The highest BCUT2D eigenvalue weighted by Crippen LogP contribution is 2.25. The van der Waals surface area contributed by atoms with E-state index >= 15 is 0 Å². The van der Waals surface area contributed by atoms with Crippen LogP contribution in [0, 0.1) is 0 Å². The van der Waals surface area contributed by atoms with Crippen LogP contribution in [0.4, 0.5) is 16.2 Å². The lowest BCUT2D eigenvalue weighted by molar-refractivity contribution is 0.251. The van der Waals surface area contributed by atoms with Gasteiger partial charge in [-0.25, -0.2) is 13.2 Å². The molecule has 26 heavy (non-hydrogen) atoms. The summed E-state index contributed by atoms with van der Waals surface area (Å²) in [6.07, 6.45) is 0.625. The molecular formula is C18H21N3O4S. The molecule has 2 aromatic carbocycles. The van der Waals surface area contributed by atoms with E-state index in [0.29, 0.717) is 30.9 Å². The Morgan fingerprint density at radius 3 is 2.38 bits per heavy atom. The Balaban J connectivity index is 1.58. The minimum Gasteiger partial charge on any atom is -0.392 e. The minimum absolute atomic E-state index is 0.0830. The Labute approximate surface area is 152 Å². The minimum atomic E-state index is -3.21. The molecule has 8 heteroatoms. The van der Waals surface area contributed by atoms with Gasteiger partial charge < -0.3 is 15.7 Å². The number of nitrogens with zero attached hydrogens (tertiary/aromatic N) is 1. The molecule has 0 bridgehead atoms. The van der Waals surface area contributed by atoms with Crippen LogP contribution in [0.1, 0.15) is 17.5 Å². The number of carbonyl (C=O) groups excluding carboxylic acids is 1. The van der Waals surface area contributed by atoms with Gasteiger partial charge >= 0.3 is 6.03 Å². The molecule has 2 amide bonds. The van der Waals surface area contributed by atoms with E-state index in [-0.39, 0.29) is 18.4 Å². The normalized spacial score (nSPS) is 15.7. The molecule has 1 aliphatic heterocycles. The predicted molar refractivity (Wildman–Crippen MR) is 100 cm³/mol. The summed E-state index contributed by atoms with van der Waals surface area (Å²) in [7, 11) is -3.21. The van der Waals surface area contributed by atoms with E-state index in [4.69, 9.17) is 0 Å². The maximum Gasteiger partial charge on any atom is 0.319 e. The van der Waals surface area contributed by atoms with Crippen LogP contribution in [-0.4, -0.2) is 31.9 Å². The molecule has 0 unspecified atom stereocenters. The van der Waals surface area contributed by atoms with Gasteiger partial charge in [0.25, 0.3) is 0 Å². The van der Waals surface area contributed by atoms with Gasteiger partial charge in [0, 0.05) is 18.8 Å². The molecule has 0 aliphatic carbocycles.